The Kier molecular flexibility index (Phi) is 4.81. The van der Waals surface area contributed by atoms with Crippen LogP contribution in [0.4, 0.5) is 5.95 Å². The maximum atomic E-state index is 12.2. The summed E-state index contributed by atoms with van der Waals surface area (Å²) in [7, 11) is 0. The van der Waals surface area contributed by atoms with Gasteiger partial charge in [-0.1, -0.05) is 19.1 Å². The molecule has 1 amide bonds. The lowest BCUT2D eigenvalue weighted by Gasteiger charge is -2.34. The van der Waals surface area contributed by atoms with Gasteiger partial charge in [0.2, 0.25) is 11.9 Å². The number of aromatic nitrogens is 2. The van der Waals surface area contributed by atoms with E-state index in [0.29, 0.717) is 13.1 Å². The largest absolute Gasteiger partial charge is 0.369 e. The number of aromatic amines is 1. The number of fused-ring (bicyclic) bond motifs is 1. The molecule has 1 aromatic heterocycles. The zero-order valence-corrected chi connectivity index (χ0v) is 13.8. The number of hydrogen-bond acceptors (Lipinski definition) is 4. The van der Waals surface area contributed by atoms with Crippen molar-refractivity contribution >= 4 is 22.9 Å². The molecule has 0 radical (unpaired) electrons. The van der Waals surface area contributed by atoms with Gasteiger partial charge in [-0.05, 0) is 25.5 Å². The van der Waals surface area contributed by atoms with Crippen molar-refractivity contribution < 1.29 is 9.53 Å². The van der Waals surface area contributed by atoms with Crippen LogP contribution in [-0.4, -0.2) is 59.7 Å². The van der Waals surface area contributed by atoms with Crippen LogP contribution in [0.1, 0.15) is 20.3 Å². The number of hydrogen-bond donors (Lipinski definition) is 1. The maximum absolute atomic E-state index is 12.2. The van der Waals surface area contributed by atoms with Gasteiger partial charge in [0.25, 0.3) is 0 Å². The zero-order valence-electron chi connectivity index (χ0n) is 13.8. The second kappa shape index (κ2) is 7.00. The third kappa shape index (κ3) is 3.64. The lowest BCUT2D eigenvalue weighted by molar-refractivity contribution is -0.138. The van der Waals surface area contributed by atoms with Crippen LogP contribution in [0.25, 0.3) is 11.0 Å². The molecular formula is C17H24N4O2. The fourth-order valence-corrected chi connectivity index (χ4v) is 2.68. The molecule has 1 aromatic carbocycles. The Bertz CT molecular complexity index is 628. The summed E-state index contributed by atoms with van der Waals surface area (Å²) in [5, 5.41) is 0. The molecule has 1 aliphatic heterocycles. The molecular weight excluding hydrogens is 292 g/mol. The summed E-state index contributed by atoms with van der Waals surface area (Å²) in [6.07, 6.45) is 1.06. The number of piperazine rings is 1. The van der Waals surface area contributed by atoms with Gasteiger partial charge in [0.05, 0.1) is 17.1 Å². The van der Waals surface area contributed by atoms with E-state index < -0.39 is 0 Å². The van der Waals surface area contributed by atoms with Crippen LogP contribution in [0.15, 0.2) is 24.3 Å². The number of carbonyl (C=O) groups excluding carboxylic acids is 1. The molecule has 23 heavy (non-hydrogen) atoms. The highest BCUT2D eigenvalue weighted by Gasteiger charge is 2.23. The average molecular weight is 316 g/mol. The number of imidazole rings is 1. The lowest BCUT2D eigenvalue weighted by Crippen LogP contribution is -2.50. The highest BCUT2D eigenvalue weighted by atomic mass is 16.5. The smallest absolute Gasteiger partial charge is 0.248 e. The van der Waals surface area contributed by atoms with E-state index in [0.717, 1.165) is 36.5 Å². The number of rotatable bonds is 5. The van der Waals surface area contributed by atoms with Gasteiger partial charge in [0.15, 0.2) is 0 Å². The molecule has 0 aliphatic carbocycles. The monoisotopic (exact) mass is 316 g/mol. The minimum Gasteiger partial charge on any atom is -0.369 e. The van der Waals surface area contributed by atoms with E-state index >= 15 is 0 Å². The van der Waals surface area contributed by atoms with Gasteiger partial charge in [-0.2, -0.15) is 0 Å². The highest BCUT2D eigenvalue weighted by Crippen LogP contribution is 2.18. The molecule has 2 aromatic rings. The average Bonchev–Trinajstić information content (AvgIpc) is 3.03. The van der Waals surface area contributed by atoms with E-state index in [1.807, 2.05) is 36.1 Å². The molecule has 124 valence electrons. The number of benzene rings is 1. The molecule has 1 saturated heterocycles. The van der Waals surface area contributed by atoms with Crippen molar-refractivity contribution in [3.05, 3.63) is 24.3 Å². The van der Waals surface area contributed by atoms with Crippen LogP contribution in [-0.2, 0) is 9.53 Å². The molecule has 0 saturated carbocycles. The van der Waals surface area contributed by atoms with Crippen LogP contribution in [0.2, 0.25) is 0 Å². The topological polar surface area (TPSA) is 61.5 Å². The van der Waals surface area contributed by atoms with E-state index in [1.54, 1.807) is 0 Å². The molecule has 1 fully saturated rings. The van der Waals surface area contributed by atoms with Gasteiger partial charge in [0, 0.05) is 26.2 Å². The van der Waals surface area contributed by atoms with Gasteiger partial charge in [-0.15, -0.1) is 0 Å². The first-order chi connectivity index (χ1) is 11.2. The number of amides is 1. The predicted molar refractivity (Wildman–Crippen MR) is 90.6 cm³/mol. The Hall–Kier alpha value is -2.08. The molecule has 1 N–H and O–H groups in total. The summed E-state index contributed by atoms with van der Waals surface area (Å²) in [6.45, 7) is 7.22. The van der Waals surface area contributed by atoms with Crippen LogP contribution in [0.5, 0.6) is 0 Å². The van der Waals surface area contributed by atoms with E-state index in [2.05, 4.69) is 21.8 Å². The van der Waals surface area contributed by atoms with Crippen molar-refractivity contribution in [3.8, 4) is 0 Å². The molecule has 6 nitrogen and oxygen atoms in total. The summed E-state index contributed by atoms with van der Waals surface area (Å²) in [5.74, 6) is 0.962. The molecule has 0 spiro atoms. The van der Waals surface area contributed by atoms with Crippen LogP contribution in [0, 0.1) is 0 Å². The van der Waals surface area contributed by atoms with Gasteiger partial charge >= 0.3 is 0 Å². The fourth-order valence-electron chi connectivity index (χ4n) is 2.68. The van der Waals surface area contributed by atoms with E-state index in [4.69, 9.17) is 4.74 Å². The quantitative estimate of drug-likeness (QED) is 0.917. The van der Waals surface area contributed by atoms with Gasteiger partial charge in [-0.25, -0.2) is 4.98 Å². The molecule has 1 aliphatic rings. The van der Waals surface area contributed by atoms with Crippen molar-refractivity contribution in [2.24, 2.45) is 0 Å². The first-order valence-corrected chi connectivity index (χ1v) is 8.26. The van der Waals surface area contributed by atoms with Gasteiger partial charge < -0.3 is 19.5 Å². The first kappa shape index (κ1) is 15.8. The predicted octanol–water partition coefficient (Wildman–Crippen LogP) is 2.03. The first-order valence-electron chi connectivity index (χ1n) is 8.26. The van der Waals surface area contributed by atoms with Gasteiger partial charge in [-0.3, -0.25) is 4.79 Å². The number of anilines is 1. The standard InChI is InChI=1S/C17H24N4O2/c1-3-13(2)23-12-16(22)20-8-10-21(11-9-20)17-18-14-6-4-5-7-15(14)19-17/h4-7,13H,3,8-12H2,1-2H3,(H,18,19). The minimum atomic E-state index is 0.0783. The minimum absolute atomic E-state index is 0.0783. The highest BCUT2D eigenvalue weighted by molar-refractivity contribution is 5.78. The second-order valence-corrected chi connectivity index (χ2v) is 5.98. The Morgan fingerprint density at radius 3 is 2.74 bits per heavy atom. The molecule has 2 heterocycles. The summed E-state index contributed by atoms with van der Waals surface area (Å²) < 4.78 is 5.53. The zero-order chi connectivity index (χ0) is 16.2. The third-order valence-electron chi connectivity index (χ3n) is 4.38. The second-order valence-electron chi connectivity index (χ2n) is 5.98. The SMILES string of the molecule is CCC(C)OCC(=O)N1CCN(c2nc3ccccc3[nH]2)CC1. The number of ether oxygens (including phenoxy) is 1. The number of carbonyl (C=O) groups is 1. The molecule has 6 heteroatoms. The van der Waals surface area contributed by atoms with Crippen LogP contribution < -0.4 is 4.90 Å². The summed E-state index contributed by atoms with van der Waals surface area (Å²) in [4.78, 5) is 24.2. The normalized spacial score (nSPS) is 16.8. The van der Waals surface area contributed by atoms with Crippen molar-refractivity contribution in [2.75, 3.05) is 37.7 Å². The summed E-state index contributed by atoms with van der Waals surface area (Å²) >= 11 is 0. The van der Waals surface area contributed by atoms with Crippen molar-refractivity contribution in [2.45, 2.75) is 26.4 Å². The van der Waals surface area contributed by atoms with Crippen LogP contribution >= 0.6 is 0 Å². The fraction of sp³-hybridized carbons (Fsp3) is 0.529. The van der Waals surface area contributed by atoms with Crippen molar-refractivity contribution in [1.82, 2.24) is 14.9 Å². The number of nitrogens with zero attached hydrogens (tertiary/aromatic N) is 3. The molecule has 3 rings (SSSR count). The van der Waals surface area contributed by atoms with E-state index in [9.17, 15) is 4.79 Å². The lowest BCUT2D eigenvalue weighted by atomic mass is 10.3. The van der Waals surface area contributed by atoms with Crippen molar-refractivity contribution in [3.63, 3.8) is 0 Å². The van der Waals surface area contributed by atoms with Gasteiger partial charge in [0.1, 0.15) is 6.61 Å². The Labute approximate surface area is 136 Å². The molecule has 1 atom stereocenters. The number of nitrogens with one attached hydrogen (secondary N) is 1. The van der Waals surface area contributed by atoms with Crippen LogP contribution in [0.3, 0.4) is 0 Å². The summed E-state index contributed by atoms with van der Waals surface area (Å²) in [6, 6.07) is 8.01. The third-order valence-corrected chi connectivity index (χ3v) is 4.38. The number of H-pyrrole nitrogens is 1. The van der Waals surface area contributed by atoms with Crippen molar-refractivity contribution in [1.29, 1.82) is 0 Å². The van der Waals surface area contributed by atoms with E-state index in [1.165, 1.54) is 0 Å². The molecule has 1 unspecified atom stereocenters. The maximum Gasteiger partial charge on any atom is 0.248 e. The Morgan fingerprint density at radius 1 is 1.30 bits per heavy atom. The van der Waals surface area contributed by atoms with E-state index in [-0.39, 0.29) is 18.6 Å². The Balaban J connectivity index is 1.54. The number of para-hydroxylation sites is 2. The summed E-state index contributed by atoms with van der Waals surface area (Å²) in [5.41, 5.74) is 2.02. The molecule has 0 bridgehead atoms. The Morgan fingerprint density at radius 2 is 2.04 bits per heavy atom.